The van der Waals surface area contributed by atoms with Gasteiger partial charge >= 0.3 is 0 Å². The third-order valence-electron chi connectivity index (χ3n) is 4.98. The first-order valence-electron chi connectivity index (χ1n) is 8.41. The molecule has 2 aliphatic heterocycles. The van der Waals surface area contributed by atoms with Gasteiger partial charge in [-0.2, -0.15) is 5.26 Å². The predicted octanol–water partition coefficient (Wildman–Crippen LogP) is 1.70. The quantitative estimate of drug-likeness (QED) is 0.878. The lowest BCUT2D eigenvalue weighted by Gasteiger charge is -2.35. The van der Waals surface area contributed by atoms with Crippen molar-refractivity contribution < 1.29 is 9.59 Å². The van der Waals surface area contributed by atoms with Crippen molar-refractivity contribution in [1.82, 2.24) is 4.90 Å². The number of primary amides is 1. The van der Waals surface area contributed by atoms with E-state index in [4.69, 9.17) is 5.73 Å². The highest BCUT2D eigenvalue weighted by atomic mass is 32.1. The Bertz CT molecular complexity index is 666. The van der Waals surface area contributed by atoms with Gasteiger partial charge in [-0.1, -0.05) is 0 Å². The number of nitriles is 1. The summed E-state index contributed by atoms with van der Waals surface area (Å²) in [5, 5.41) is 11.8. The van der Waals surface area contributed by atoms with Crippen LogP contribution in [0.5, 0.6) is 0 Å². The fraction of sp³-hybridized carbons (Fsp3) is 0.588. The minimum absolute atomic E-state index is 0.101. The zero-order chi connectivity index (χ0) is 17.1. The van der Waals surface area contributed by atoms with Gasteiger partial charge < -0.3 is 10.6 Å². The molecular formula is C17H22N4O2S. The van der Waals surface area contributed by atoms with E-state index in [1.807, 2.05) is 5.38 Å². The lowest BCUT2D eigenvalue weighted by atomic mass is 9.92. The average Bonchev–Trinajstić information content (AvgIpc) is 3.19. The molecule has 0 saturated carbocycles. The van der Waals surface area contributed by atoms with Crippen LogP contribution in [0.2, 0.25) is 0 Å². The van der Waals surface area contributed by atoms with Crippen LogP contribution in [0.15, 0.2) is 11.4 Å². The van der Waals surface area contributed by atoms with E-state index in [2.05, 4.69) is 11.0 Å². The number of likely N-dealkylation sites (tertiary alicyclic amines) is 1. The first-order chi connectivity index (χ1) is 11.6. The molecule has 0 aromatic carbocycles. The number of carbonyl (C=O) groups excluding carboxylic acids is 2. The van der Waals surface area contributed by atoms with Gasteiger partial charge in [-0.15, -0.1) is 11.3 Å². The molecule has 3 rings (SSSR count). The van der Waals surface area contributed by atoms with E-state index in [1.54, 1.807) is 11.0 Å². The highest BCUT2D eigenvalue weighted by molar-refractivity contribution is 7.14. The number of amides is 2. The van der Waals surface area contributed by atoms with Gasteiger partial charge in [-0.05, 0) is 49.6 Å². The van der Waals surface area contributed by atoms with Crippen molar-refractivity contribution in [3.8, 4) is 6.07 Å². The smallest absolute Gasteiger partial charge is 0.245 e. The van der Waals surface area contributed by atoms with E-state index < -0.39 is 0 Å². The molecule has 2 saturated heterocycles. The number of carbonyl (C=O) groups is 2. The summed E-state index contributed by atoms with van der Waals surface area (Å²) in [5.41, 5.74) is 5.83. The normalized spacial score (nSPS) is 25.0. The number of nitrogens with two attached hydrogens (primary N) is 1. The van der Waals surface area contributed by atoms with Crippen LogP contribution in [0.25, 0.3) is 0 Å². The molecule has 3 heterocycles. The zero-order valence-corrected chi connectivity index (χ0v) is 14.4. The van der Waals surface area contributed by atoms with Gasteiger partial charge in [0.2, 0.25) is 11.8 Å². The molecule has 2 amide bonds. The molecular weight excluding hydrogens is 324 g/mol. The maximum absolute atomic E-state index is 12.9. The Balaban J connectivity index is 1.64. The minimum atomic E-state index is -0.253. The maximum atomic E-state index is 12.9. The molecule has 0 spiro atoms. The van der Waals surface area contributed by atoms with Crippen LogP contribution in [-0.2, 0) is 9.59 Å². The van der Waals surface area contributed by atoms with Crippen LogP contribution < -0.4 is 10.6 Å². The van der Waals surface area contributed by atoms with Crippen molar-refractivity contribution >= 4 is 28.2 Å². The molecule has 2 N–H and O–H groups in total. The Labute approximate surface area is 145 Å². The maximum Gasteiger partial charge on any atom is 0.245 e. The van der Waals surface area contributed by atoms with Crippen LogP contribution >= 0.6 is 11.3 Å². The molecule has 0 radical (unpaired) electrons. The molecule has 7 heteroatoms. The molecule has 0 unspecified atom stereocenters. The molecule has 2 aliphatic rings. The second kappa shape index (κ2) is 7.32. The fourth-order valence-electron chi connectivity index (χ4n) is 3.76. The molecule has 0 bridgehead atoms. The lowest BCUT2D eigenvalue weighted by Crippen LogP contribution is -2.47. The number of hydrogen-bond acceptors (Lipinski definition) is 5. The Morgan fingerprint density at radius 1 is 1.42 bits per heavy atom. The van der Waals surface area contributed by atoms with Crippen LogP contribution in [0.1, 0.15) is 37.7 Å². The van der Waals surface area contributed by atoms with Crippen LogP contribution in [0, 0.1) is 17.2 Å². The third kappa shape index (κ3) is 3.45. The van der Waals surface area contributed by atoms with Crippen LogP contribution in [0.3, 0.4) is 0 Å². The first-order valence-corrected chi connectivity index (χ1v) is 9.29. The standard InChI is InChI=1S/C17H22N4O2S/c18-10-13-6-9-24-17(13)21-8-5-14(16(21)23)20-7-1-2-12(11-20)3-4-15(19)22/h6,9,12,14H,1-5,7-8,11H2,(H2,19,22)/t12-,14-/m0/s1. The average molecular weight is 346 g/mol. The van der Waals surface area contributed by atoms with Crippen LogP contribution in [0.4, 0.5) is 5.00 Å². The minimum Gasteiger partial charge on any atom is -0.370 e. The third-order valence-corrected chi connectivity index (χ3v) is 5.91. The van der Waals surface area contributed by atoms with E-state index in [1.165, 1.54) is 11.3 Å². The molecule has 6 nitrogen and oxygen atoms in total. The number of thiophene rings is 1. The number of hydrogen-bond donors (Lipinski definition) is 1. The van der Waals surface area contributed by atoms with E-state index in [-0.39, 0.29) is 17.9 Å². The fourth-order valence-corrected chi connectivity index (χ4v) is 4.65. The first kappa shape index (κ1) is 16.9. The SMILES string of the molecule is N#Cc1ccsc1N1CC[C@H](N2CCC[C@@H](CCC(N)=O)C2)C1=O. The predicted molar refractivity (Wildman–Crippen MR) is 92.5 cm³/mol. The second-order valence-electron chi connectivity index (χ2n) is 6.55. The molecule has 2 atom stereocenters. The van der Waals surface area contributed by atoms with Crippen molar-refractivity contribution in [1.29, 1.82) is 5.26 Å². The Morgan fingerprint density at radius 2 is 2.25 bits per heavy atom. The van der Waals surface area contributed by atoms with Gasteiger partial charge in [-0.3, -0.25) is 14.5 Å². The lowest BCUT2D eigenvalue weighted by molar-refractivity contribution is -0.122. The summed E-state index contributed by atoms with van der Waals surface area (Å²) >= 11 is 1.45. The van der Waals surface area contributed by atoms with Gasteiger partial charge in [0, 0.05) is 19.5 Å². The molecule has 24 heavy (non-hydrogen) atoms. The summed E-state index contributed by atoms with van der Waals surface area (Å²) in [6, 6.07) is 3.82. The summed E-state index contributed by atoms with van der Waals surface area (Å²) in [5.74, 6) is 0.283. The Hall–Kier alpha value is -1.91. The van der Waals surface area contributed by atoms with Gasteiger partial charge in [0.1, 0.15) is 11.1 Å². The summed E-state index contributed by atoms with van der Waals surface area (Å²) in [6.45, 7) is 2.45. The monoisotopic (exact) mass is 346 g/mol. The van der Waals surface area contributed by atoms with Crippen molar-refractivity contribution in [2.75, 3.05) is 24.5 Å². The topological polar surface area (TPSA) is 90.4 Å². The van der Waals surface area contributed by atoms with Gasteiger partial charge in [0.15, 0.2) is 0 Å². The number of anilines is 1. The van der Waals surface area contributed by atoms with Crippen molar-refractivity contribution in [2.45, 2.75) is 38.1 Å². The molecule has 1 aromatic heterocycles. The van der Waals surface area contributed by atoms with Crippen molar-refractivity contribution in [2.24, 2.45) is 11.7 Å². The van der Waals surface area contributed by atoms with Gasteiger partial charge in [0.25, 0.3) is 0 Å². The van der Waals surface area contributed by atoms with Crippen LogP contribution in [-0.4, -0.2) is 42.4 Å². The Kier molecular flexibility index (Phi) is 5.17. The van der Waals surface area contributed by atoms with E-state index in [0.717, 1.165) is 43.8 Å². The Morgan fingerprint density at radius 3 is 3.00 bits per heavy atom. The van der Waals surface area contributed by atoms with Gasteiger partial charge in [-0.25, -0.2) is 0 Å². The summed E-state index contributed by atoms with van der Waals surface area (Å²) in [6.07, 6.45) is 4.17. The largest absolute Gasteiger partial charge is 0.370 e. The number of rotatable bonds is 5. The second-order valence-corrected chi connectivity index (χ2v) is 7.45. The molecule has 1 aromatic rings. The number of piperidine rings is 1. The van der Waals surface area contributed by atoms with Crippen molar-refractivity contribution in [3.63, 3.8) is 0 Å². The summed E-state index contributed by atoms with van der Waals surface area (Å²) in [7, 11) is 0. The van der Waals surface area contributed by atoms with Crippen molar-refractivity contribution in [3.05, 3.63) is 17.0 Å². The molecule has 128 valence electrons. The zero-order valence-electron chi connectivity index (χ0n) is 13.6. The number of nitrogens with zero attached hydrogens (tertiary/aromatic N) is 3. The highest BCUT2D eigenvalue weighted by Crippen LogP contribution is 2.33. The summed E-state index contributed by atoms with van der Waals surface area (Å²) in [4.78, 5) is 27.9. The molecule has 0 aliphatic carbocycles. The highest BCUT2D eigenvalue weighted by Gasteiger charge is 2.39. The van der Waals surface area contributed by atoms with E-state index in [9.17, 15) is 14.9 Å². The van der Waals surface area contributed by atoms with E-state index >= 15 is 0 Å². The summed E-state index contributed by atoms with van der Waals surface area (Å²) < 4.78 is 0. The van der Waals surface area contributed by atoms with Gasteiger partial charge in [0.05, 0.1) is 11.6 Å². The van der Waals surface area contributed by atoms with E-state index in [0.29, 0.717) is 24.4 Å². The molecule has 2 fully saturated rings.